The molecular weight excluding hydrogens is 541 g/mol. The number of aliphatic hydroxyl groups is 1. The van der Waals surface area contributed by atoms with Gasteiger partial charge in [-0.1, -0.05) is 57.5 Å². The Morgan fingerprint density at radius 1 is 1.02 bits per heavy atom. The number of phenolic OH excluding ortho intramolecular Hbond substituents is 1. The molecule has 1 aromatic heterocycles. The molecule has 0 spiro atoms. The van der Waals surface area contributed by atoms with Gasteiger partial charge in [-0.3, -0.25) is 9.36 Å². The summed E-state index contributed by atoms with van der Waals surface area (Å²) in [7, 11) is 0. The molecule has 0 fully saturated rings. The van der Waals surface area contributed by atoms with Crippen LogP contribution < -0.4 is 10.9 Å². The van der Waals surface area contributed by atoms with Crippen molar-refractivity contribution in [2.45, 2.75) is 57.3 Å². The fraction of sp³-hybridized carbons (Fsp3) is 0.323. The topological polar surface area (TPSA) is 74.5 Å². The van der Waals surface area contributed by atoms with Gasteiger partial charge >= 0.3 is 6.18 Å². The van der Waals surface area contributed by atoms with Crippen LogP contribution in [0, 0.1) is 5.92 Å². The van der Waals surface area contributed by atoms with Crippen LogP contribution in [0.4, 0.5) is 18.9 Å². The first-order chi connectivity index (χ1) is 18.8. The van der Waals surface area contributed by atoms with E-state index in [1.54, 1.807) is 67.6 Å². The van der Waals surface area contributed by atoms with Crippen molar-refractivity contribution in [3.63, 3.8) is 0 Å². The number of hydrogen-bond donors (Lipinski definition) is 3. The van der Waals surface area contributed by atoms with Gasteiger partial charge < -0.3 is 15.5 Å². The van der Waals surface area contributed by atoms with Crippen molar-refractivity contribution in [2.24, 2.45) is 5.92 Å². The normalized spacial score (nSPS) is 22.9. The molecule has 1 aliphatic rings. The Morgan fingerprint density at radius 2 is 1.73 bits per heavy atom. The summed E-state index contributed by atoms with van der Waals surface area (Å²) in [5.41, 5.74) is -1.03. The van der Waals surface area contributed by atoms with Crippen LogP contribution in [-0.2, 0) is 0 Å². The average Bonchev–Trinajstić information content (AvgIpc) is 2.88. The number of anilines is 1. The van der Waals surface area contributed by atoms with Gasteiger partial charge in [0.1, 0.15) is 5.75 Å². The monoisotopic (exact) mass is 570 g/mol. The number of nitrogens with one attached hydrogen (secondary N) is 1. The van der Waals surface area contributed by atoms with Crippen molar-refractivity contribution >= 4 is 28.2 Å². The number of alkyl halides is 3. The van der Waals surface area contributed by atoms with Gasteiger partial charge in [-0.05, 0) is 65.4 Å². The minimum Gasteiger partial charge on any atom is -0.508 e. The van der Waals surface area contributed by atoms with E-state index >= 15 is 0 Å². The van der Waals surface area contributed by atoms with E-state index in [2.05, 4.69) is 5.32 Å². The molecule has 210 valence electrons. The Kier molecular flexibility index (Phi) is 6.91. The Balaban J connectivity index is 1.76. The second-order valence-electron chi connectivity index (χ2n) is 10.9. The number of pyridine rings is 1. The van der Waals surface area contributed by atoms with Crippen molar-refractivity contribution in [3.05, 3.63) is 98.8 Å². The summed E-state index contributed by atoms with van der Waals surface area (Å²) < 4.78 is 45.9. The number of halogens is 4. The van der Waals surface area contributed by atoms with Crippen LogP contribution >= 0.6 is 11.6 Å². The highest BCUT2D eigenvalue weighted by Gasteiger charge is 2.65. The lowest BCUT2D eigenvalue weighted by atomic mass is 9.63. The third kappa shape index (κ3) is 4.34. The zero-order valence-corrected chi connectivity index (χ0v) is 23.2. The van der Waals surface area contributed by atoms with Crippen LogP contribution in [-0.4, -0.2) is 26.6 Å². The van der Waals surface area contributed by atoms with Crippen molar-refractivity contribution in [2.75, 3.05) is 5.32 Å². The van der Waals surface area contributed by atoms with E-state index in [4.69, 9.17) is 11.6 Å². The lowest BCUT2D eigenvalue weighted by Gasteiger charge is -2.49. The van der Waals surface area contributed by atoms with Gasteiger partial charge in [-0.25, -0.2) is 0 Å². The van der Waals surface area contributed by atoms with E-state index in [0.29, 0.717) is 38.4 Å². The largest absolute Gasteiger partial charge is 0.508 e. The van der Waals surface area contributed by atoms with Crippen LogP contribution in [0.3, 0.4) is 0 Å². The molecule has 1 heterocycles. The zero-order valence-electron chi connectivity index (χ0n) is 22.4. The third-order valence-corrected chi connectivity index (χ3v) is 8.52. The van der Waals surface area contributed by atoms with E-state index in [-0.39, 0.29) is 22.8 Å². The highest BCUT2D eigenvalue weighted by atomic mass is 35.5. The molecule has 0 unspecified atom stereocenters. The Labute approximate surface area is 234 Å². The number of aromatic nitrogens is 1. The molecule has 40 heavy (non-hydrogen) atoms. The molecular formula is C31H30ClF3N2O3. The minimum atomic E-state index is -4.99. The van der Waals surface area contributed by atoms with Gasteiger partial charge in [-0.2, -0.15) is 13.2 Å². The Hall–Kier alpha value is -3.49. The van der Waals surface area contributed by atoms with Gasteiger partial charge in [-0.15, -0.1) is 0 Å². The zero-order chi connectivity index (χ0) is 29.1. The molecule has 0 aliphatic heterocycles. The van der Waals surface area contributed by atoms with Gasteiger partial charge in [0.25, 0.3) is 5.56 Å². The fourth-order valence-corrected chi connectivity index (χ4v) is 6.11. The molecule has 0 radical (unpaired) electrons. The van der Waals surface area contributed by atoms with E-state index in [1.165, 1.54) is 17.6 Å². The van der Waals surface area contributed by atoms with Crippen LogP contribution in [0.1, 0.15) is 62.3 Å². The summed E-state index contributed by atoms with van der Waals surface area (Å²) in [6, 6.07) is 16.1. The summed E-state index contributed by atoms with van der Waals surface area (Å²) in [6.07, 6.45) is -4.99. The molecule has 9 heteroatoms. The molecule has 0 bridgehead atoms. The van der Waals surface area contributed by atoms with E-state index in [1.807, 2.05) is 13.8 Å². The molecule has 1 aliphatic carbocycles. The molecule has 0 amide bonds. The summed E-state index contributed by atoms with van der Waals surface area (Å²) >= 11 is 6.17. The first kappa shape index (κ1) is 28.1. The summed E-state index contributed by atoms with van der Waals surface area (Å²) in [6.45, 7) is 6.71. The third-order valence-electron chi connectivity index (χ3n) is 8.29. The number of rotatable bonds is 4. The number of fused-ring (bicyclic) bond motifs is 2. The standard InChI is InChI=1S/C31H30ClF3N2O3/c1-16(2)19-13-23-28(26(38)14-19)17(3)18(4)30(40,31(33,34)35)29(23)36-24-9-6-10-25-22(24)11-12-27(39)37(25)21-8-5-7-20(32)15-21/h5-18,29,36,38,40H,1-4H3/t17-,18+,29+,30-/m0/s1. The lowest BCUT2D eigenvalue weighted by Crippen LogP contribution is -2.60. The highest BCUT2D eigenvalue weighted by molar-refractivity contribution is 6.30. The fourth-order valence-electron chi connectivity index (χ4n) is 5.93. The molecule has 3 aromatic carbocycles. The van der Waals surface area contributed by atoms with E-state index < -0.39 is 29.7 Å². The molecule has 3 N–H and O–H groups in total. The van der Waals surface area contributed by atoms with Crippen LogP contribution in [0.25, 0.3) is 16.6 Å². The quantitative estimate of drug-likeness (QED) is 0.235. The first-order valence-corrected chi connectivity index (χ1v) is 13.5. The maximum Gasteiger partial charge on any atom is 0.419 e. The summed E-state index contributed by atoms with van der Waals surface area (Å²) in [5, 5.41) is 26.5. The number of benzene rings is 3. The van der Waals surface area contributed by atoms with Gasteiger partial charge in [0.2, 0.25) is 0 Å². The summed E-state index contributed by atoms with van der Waals surface area (Å²) in [5.74, 6) is -2.23. The van der Waals surface area contributed by atoms with Crippen molar-refractivity contribution in [1.82, 2.24) is 4.57 Å². The summed E-state index contributed by atoms with van der Waals surface area (Å²) in [4.78, 5) is 12.9. The molecule has 5 nitrogen and oxygen atoms in total. The van der Waals surface area contributed by atoms with Crippen LogP contribution in [0.15, 0.2) is 71.5 Å². The van der Waals surface area contributed by atoms with Crippen molar-refractivity contribution in [3.8, 4) is 11.4 Å². The predicted octanol–water partition coefficient (Wildman–Crippen LogP) is 7.67. The maximum absolute atomic E-state index is 14.8. The molecule has 4 aromatic rings. The second kappa shape index (κ2) is 9.85. The smallest absolute Gasteiger partial charge is 0.419 e. The van der Waals surface area contributed by atoms with Gasteiger partial charge in [0, 0.05) is 33.6 Å². The van der Waals surface area contributed by atoms with E-state index in [0.717, 1.165) is 0 Å². The Bertz CT molecular complexity index is 1670. The number of hydrogen-bond acceptors (Lipinski definition) is 4. The Morgan fingerprint density at radius 3 is 2.38 bits per heavy atom. The second-order valence-corrected chi connectivity index (χ2v) is 11.3. The molecule has 0 saturated heterocycles. The van der Waals surface area contributed by atoms with Gasteiger partial charge in [0.05, 0.1) is 17.2 Å². The first-order valence-electron chi connectivity index (χ1n) is 13.1. The number of phenols is 1. The van der Waals surface area contributed by atoms with Crippen LogP contribution in [0.5, 0.6) is 5.75 Å². The maximum atomic E-state index is 14.8. The minimum absolute atomic E-state index is 0.0739. The number of aromatic hydroxyl groups is 1. The lowest BCUT2D eigenvalue weighted by molar-refractivity contribution is -0.289. The van der Waals surface area contributed by atoms with Gasteiger partial charge in [0.15, 0.2) is 5.60 Å². The van der Waals surface area contributed by atoms with Crippen molar-refractivity contribution < 1.29 is 23.4 Å². The molecule has 4 atom stereocenters. The predicted molar refractivity (Wildman–Crippen MR) is 152 cm³/mol. The molecule has 5 rings (SSSR count). The average molecular weight is 571 g/mol. The highest BCUT2D eigenvalue weighted by Crippen LogP contribution is 2.57. The van der Waals surface area contributed by atoms with Crippen molar-refractivity contribution in [1.29, 1.82) is 0 Å². The van der Waals surface area contributed by atoms with Crippen LogP contribution in [0.2, 0.25) is 5.02 Å². The SMILES string of the molecule is CC(C)c1cc(O)c2c(c1)[C@@H](Nc1cccc3c1ccc(=O)n3-c1cccc(Cl)c1)[C@](O)(C(F)(F)F)[C@H](C)[C@@H]2C. The number of nitrogens with zero attached hydrogens (tertiary/aromatic N) is 1. The van der Waals surface area contributed by atoms with E-state index in [9.17, 15) is 28.2 Å². The molecule has 0 saturated carbocycles.